The van der Waals surface area contributed by atoms with Gasteiger partial charge in [-0.25, -0.2) is 4.79 Å². The van der Waals surface area contributed by atoms with Crippen molar-refractivity contribution in [3.05, 3.63) is 93.5 Å². The predicted molar refractivity (Wildman–Crippen MR) is 136 cm³/mol. The summed E-state index contributed by atoms with van der Waals surface area (Å²) in [5.74, 6) is -0.857. The summed E-state index contributed by atoms with van der Waals surface area (Å²) < 4.78 is 5.67. The van der Waals surface area contributed by atoms with Crippen molar-refractivity contribution in [1.29, 1.82) is 0 Å². The predicted octanol–water partition coefficient (Wildman–Crippen LogP) is 5.15. The van der Waals surface area contributed by atoms with Crippen LogP contribution in [-0.2, 0) is 35.6 Å². The number of carboxylic acids is 1. The largest absolute Gasteiger partial charge is 0.481 e. The number of fused-ring (bicyclic) bond motifs is 1. The molecule has 6 nitrogen and oxygen atoms in total. The van der Waals surface area contributed by atoms with Crippen LogP contribution in [-0.4, -0.2) is 35.2 Å². The number of amides is 2. The van der Waals surface area contributed by atoms with Crippen molar-refractivity contribution >= 4 is 12.0 Å². The van der Waals surface area contributed by atoms with Crippen LogP contribution in [0.3, 0.4) is 0 Å². The van der Waals surface area contributed by atoms with E-state index in [-0.39, 0.29) is 12.5 Å². The molecule has 35 heavy (non-hydrogen) atoms. The van der Waals surface area contributed by atoms with Crippen LogP contribution in [0.4, 0.5) is 4.79 Å². The van der Waals surface area contributed by atoms with Crippen LogP contribution < -0.4 is 5.32 Å². The van der Waals surface area contributed by atoms with Crippen LogP contribution in [0.25, 0.3) is 11.1 Å². The molecule has 4 rings (SSSR count). The highest BCUT2D eigenvalue weighted by Crippen LogP contribution is 2.39. The summed E-state index contributed by atoms with van der Waals surface area (Å²) in [5, 5.41) is 12.6. The summed E-state index contributed by atoms with van der Waals surface area (Å²) >= 11 is 0. The highest BCUT2D eigenvalue weighted by Gasteiger charge is 2.30. The molecule has 0 saturated heterocycles. The van der Waals surface area contributed by atoms with Gasteiger partial charge < -0.3 is 20.1 Å². The molecule has 1 aliphatic rings. The molecule has 182 valence electrons. The topological polar surface area (TPSA) is 78.9 Å². The molecule has 0 saturated carbocycles. The number of hydrogen-bond donors (Lipinski definition) is 2. The first-order valence-electron chi connectivity index (χ1n) is 11.9. The zero-order valence-electron chi connectivity index (χ0n) is 20.6. The number of carbonyl (C=O) groups excluding carboxylic acids is 1. The molecule has 0 unspecified atom stereocenters. The minimum atomic E-state index is -0.857. The van der Waals surface area contributed by atoms with Crippen LogP contribution in [0.5, 0.6) is 0 Å². The monoisotopic (exact) mass is 472 g/mol. The first-order valence-corrected chi connectivity index (χ1v) is 11.9. The first kappa shape index (κ1) is 24.5. The van der Waals surface area contributed by atoms with E-state index in [1.165, 1.54) is 0 Å². The van der Waals surface area contributed by atoms with Crippen molar-refractivity contribution in [2.24, 2.45) is 0 Å². The fourth-order valence-electron chi connectivity index (χ4n) is 4.80. The molecule has 0 radical (unpaired) electrons. The normalized spacial score (nSPS) is 12.5. The minimum Gasteiger partial charge on any atom is -0.481 e. The van der Waals surface area contributed by atoms with Crippen LogP contribution in [0, 0.1) is 20.8 Å². The number of nitrogens with zero attached hydrogens (tertiary/aromatic N) is 1. The van der Waals surface area contributed by atoms with Crippen LogP contribution in [0.1, 0.15) is 38.9 Å². The zero-order valence-corrected chi connectivity index (χ0v) is 20.6. The van der Waals surface area contributed by atoms with Crippen molar-refractivity contribution in [3.63, 3.8) is 0 Å². The molecular formula is C29H32N2O4. The van der Waals surface area contributed by atoms with E-state index in [0.29, 0.717) is 32.8 Å². The SMILES string of the molecule is Cc1ccc(-c2c(C)c3c(c(C)c2CC(=O)O)CN(C(=O)NCCOCc2ccccc2)C3)cc1. The fourth-order valence-corrected chi connectivity index (χ4v) is 4.80. The molecule has 0 spiro atoms. The van der Waals surface area contributed by atoms with Gasteiger partial charge in [0, 0.05) is 19.6 Å². The Morgan fingerprint density at radius 2 is 1.60 bits per heavy atom. The smallest absolute Gasteiger partial charge is 0.318 e. The molecular weight excluding hydrogens is 440 g/mol. The maximum absolute atomic E-state index is 12.9. The highest BCUT2D eigenvalue weighted by atomic mass is 16.5. The molecule has 1 aliphatic heterocycles. The molecule has 0 aromatic heterocycles. The van der Waals surface area contributed by atoms with Gasteiger partial charge in [0.25, 0.3) is 0 Å². The van der Waals surface area contributed by atoms with E-state index in [1.807, 2.05) is 75.4 Å². The molecule has 0 aliphatic carbocycles. The summed E-state index contributed by atoms with van der Waals surface area (Å²) in [6.07, 6.45) is -0.0475. The van der Waals surface area contributed by atoms with Gasteiger partial charge >= 0.3 is 12.0 Å². The number of benzene rings is 3. The number of aliphatic carboxylic acids is 1. The molecule has 0 bridgehead atoms. The Hall–Kier alpha value is -3.64. The number of ether oxygens (including phenoxy) is 1. The Morgan fingerprint density at radius 3 is 2.26 bits per heavy atom. The Bertz CT molecular complexity index is 1220. The molecule has 6 heteroatoms. The first-order chi connectivity index (χ1) is 16.8. The van der Waals surface area contributed by atoms with Gasteiger partial charge in [0.15, 0.2) is 0 Å². The van der Waals surface area contributed by atoms with E-state index in [4.69, 9.17) is 4.74 Å². The van der Waals surface area contributed by atoms with Gasteiger partial charge in [0.05, 0.1) is 19.6 Å². The van der Waals surface area contributed by atoms with E-state index in [2.05, 4.69) is 5.32 Å². The number of rotatable bonds is 8. The highest BCUT2D eigenvalue weighted by molar-refractivity contribution is 5.82. The van der Waals surface area contributed by atoms with E-state index in [0.717, 1.165) is 50.1 Å². The maximum atomic E-state index is 12.9. The second-order valence-corrected chi connectivity index (χ2v) is 9.12. The van der Waals surface area contributed by atoms with E-state index >= 15 is 0 Å². The van der Waals surface area contributed by atoms with Crippen LogP contribution >= 0.6 is 0 Å². The minimum absolute atomic E-state index is 0.0475. The van der Waals surface area contributed by atoms with Crippen molar-refractivity contribution in [2.75, 3.05) is 13.2 Å². The second-order valence-electron chi connectivity index (χ2n) is 9.12. The molecule has 3 aromatic rings. The number of carboxylic acid groups (broad SMARTS) is 1. The lowest BCUT2D eigenvalue weighted by molar-refractivity contribution is -0.136. The van der Waals surface area contributed by atoms with Gasteiger partial charge in [-0.1, -0.05) is 60.2 Å². The third-order valence-electron chi connectivity index (χ3n) is 6.69. The van der Waals surface area contributed by atoms with Crippen molar-refractivity contribution in [2.45, 2.75) is 46.9 Å². The van der Waals surface area contributed by atoms with Crippen LogP contribution in [0.15, 0.2) is 54.6 Å². The Labute approximate surface area is 206 Å². The number of aryl methyl sites for hydroxylation is 1. The molecule has 0 fully saturated rings. The van der Waals surface area contributed by atoms with Crippen LogP contribution in [0.2, 0.25) is 0 Å². The van der Waals surface area contributed by atoms with Gasteiger partial charge in [-0.2, -0.15) is 0 Å². The van der Waals surface area contributed by atoms with Gasteiger partial charge in [-0.15, -0.1) is 0 Å². The maximum Gasteiger partial charge on any atom is 0.318 e. The van der Waals surface area contributed by atoms with Gasteiger partial charge in [-0.05, 0) is 65.3 Å². The molecule has 3 aromatic carbocycles. The zero-order chi connectivity index (χ0) is 24.9. The van der Waals surface area contributed by atoms with Crippen molar-refractivity contribution < 1.29 is 19.4 Å². The number of urea groups is 1. The van der Waals surface area contributed by atoms with Crippen molar-refractivity contribution in [3.8, 4) is 11.1 Å². The van der Waals surface area contributed by atoms with Gasteiger partial charge in [-0.3, -0.25) is 4.79 Å². The number of nitrogens with one attached hydrogen (secondary N) is 1. The Balaban J connectivity index is 1.47. The lowest BCUT2D eigenvalue weighted by Gasteiger charge is -2.19. The summed E-state index contributed by atoms with van der Waals surface area (Å²) in [7, 11) is 0. The number of carbonyl (C=O) groups is 2. The lowest BCUT2D eigenvalue weighted by atomic mass is 9.84. The number of hydrogen-bond acceptors (Lipinski definition) is 3. The summed E-state index contributed by atoms with van der Waals surface area (Å²) in [4.78, 5) is 26.4. The molecule has 2 N–H and O–H groups in total. The van der Waals surface area contributed by atoms with E-state index in [1.54, 1.807) is 4.90 Å². The standard InChI is InChI=1S/C29H32N2O4/c1-19-9-11-23(12-10-19)28-21(3)26-17-31(16-25(26)20(2)24(28)15-27(32)33)29(34)30-13-14-35-18-22-7-5-4-6-8-22/h4-12H,13-18H2,1-3H3,(H,30,34)(H,32,33). The van der Waals surface area contributed by atoms with E-state index < -0.39 is 5.97 Å². The molecule has 1 heterocycles. The van der Waals surface area contributed by atoms with Crippen molar-refractivity contribution in [1.82, 2.24) is 10.2 Å². The summed E-state index contributed by atoms with van der Waals surface area (Å²) in [5.41, 5.74) is 9.24. The average Bonchev–Trinajstić information content (AvgIpc) is 3.30. The van der Waals surface area contributed by atoms with Gasteiger partial charge in [0.2, 0.25) is 0 Å². The quantitative estimate of drug-likeness (QED) is 0.445. The lowest BCUT2D eigenvalue weighted by Crippen LogP contribution is -2.38. The second kappa shape index (κ2) is 10.7. The summed E-state index contributed by atoms with van der Waals surface area (Å²) in [6, 6.07) is 18.0. The average molecular weight is 473 g/mol. The van der Waals surface area contributed by atoms with E-state index in [9.17, 15) is 14.7 Å². The molecule has 0 atom stereocenters. The molecule has 2 amide bonds. The summed E-state index contributed by atoms with van der Waals surface area (Å²) in [6.45, 7) is 8.40. The third kappa shape index (κ3) is 5.54. The Kier molecular flexibility index (Phi) is 7.51. The van der Waals surface area contributed by atoms with Gasteiger partial charge in [0.1, 0.15) is 0 Å². The fraction of sp³-hybridized carbons (Fsp3) is 0.310. The Morgan fingerprint density at radius 1 is 0.943 bits per heavy atom. The third-order valence-corrected chi connectivity index (χ3v) is 6.69.